The summed E-state index contributed by atoms with van der Waals surface area (Å²) in [6.45, 7) is 4.49. The van der Waals surface area contributed by atoms with Crippen molar-refractivity contribution in [3.63, 3.8) is 0 Å². The molecule has 0 aliphatic carbocycles. The van der Waals surface area contributed by atoms with Crippen LogP contribution in [0.4, 0.5) is 8.78 Å². The zero-order valence-electron chi connectivity index (χ0n) is 10.9. The molecule has 6 heteroatoms. The molecule has 1 aliphatic heterocycles. The van der Waals surface area contributed by atoms with Crippen LogP contribution in [-0.2, 0) is 10.0 Å². The number of piperidine rings is 1. The van der Waals surface area contributed by atoms with Crippen LogP contribution in [0.1, 0.15) is 20.3 Å². The number of benzene rings is 1. The second-order valence-electron chi connectivity index (χ2n) is 5.32. The molecule has 0 radical (unpaired) electrons. The zero-order chi connectivity index (χ0) is 14.2. The van der Waals surface area contributed by atoms with E-state index in [0.29, 0.717) is 13.1 Å². The first-order chi connectivity index (χ1) is 8.82. The standard InChI is InChI=1S/C13H17F2NO2S/c1-9-6-10(2)8-16(7-9)19(17,18)13-11(14)4-3-5-12(13)15/h3-5,9-10H,6-8H2,1-2H3/t9-,10-/m1/s1. The van der Waals surface area contributed by atoms with E-state index >= 15 is 0 Å². The van der Waals surface area contributed by atoms with Crippen LogP contribution in [0.15, 0.2) is 23.1 Å². The van der Waals surface area contributed by atoms with E-state index in [9.17, 15) is 17.2 Å². The Kier molecular flexibility index (Phi) is 3.92. The number of halogens is 2. The molecule has 0 bridgehead atoms. The quantitative estimate of drug-likeness (QED) is 0.839. The maximum absolute atomic E-state index is 13.6. The molecule has 1 aliphatic rings. The number of nitrogens with zero attached hydrogens (tertiary/aromatic N) is 1. The smallest absolute Gasteiger partial charge is 0.207 e. The Morgan fingerprint density at radius 2 is 1.58 bits per heavy atom. The Labute approximate surface area is 112 Å². The second-order valence-corrected chi connectivity index (χ2v) is 7.19. The molecule has 0 aromatic heterocycles. The third-order valence-corrected chi connectivity index (χ3v) is 5.24. The van der Waals surface area contributed by atoms with Crippen molar-refractivity contribution >= 4 is 10.0 Å². The van der Waals surface area contributed by atoms with Crippen LogP contribution < -0.4 is 0 Å². The fourth-order valence-electron chi connectivity index (χ4n) is 2.66. The summed E-state index contributed by atoms with van der Waals surface area (Å²) in [4.78, 5) is -0.837. The van der Waals surface area contributed by atoms with Crippen LogP contribution in [-0.4, -0.2) is 25.8 Å². The highest BCUT2D eigenvalue weighted by atomic mass is 32.2. The topological polar surface area (TPSA) is 37.4 Å². The van der Waals surface area contributed by atoms with Gasteiger partial charge in [0.25, 0.3) is 0 Å². The molecule has 2 rings (SSSR count). The molecule has 3 nitrogen and oxygen atoms in total. The third-order valence-electron chi connectivity index (χ3n) is 3.35. The highest BCUT2D eigenvalue weighted by molar-refractivity contribution is 7.89. The predicted molar refractivity (Wildman–Crippen MR) is 68.1 cm³/mol. The minimum Gasteiger partial charge on any atom is -0.207 e. The Hall–Kier alpha value is -1.01. The summed E-state index contributed by atoms with van der Waals surface area (Å²) in [6, 6.07) is 3.09. The molecule has 0 amide bonds. The van der Waals surface area contributed by atoms with Gasteiger partial charge in [-0.25, -0.2) is 17.2 Å². The van der Waals surface area contributed by atoms with Crippen LogP contribution in [0.3, 0.4) is 0 Å². The second kappa shape index (κ2) is 5.17. The van der Waals surface area contributed by atoms with Gasteiger partial charge in [0.2, 0.25) is 10.0 Å². The van der Waals surface area contributed by atoms with Crippen molar-refractivity contribution in [3.8, 4) is 0 Å². The first-order valence-electron chi connectivity index (χ1n) is 6.26. The van der Waals surface area contributed by atoms with Crippen molar-refractivity contribution in [2.75, 3.05) is 13.1 Å². The van der Waals surface area contributed by atoms with Crippen molar-refractivity contribution < 1.29 is 17.2 Å². The van der Waals surface area contributed by atoms with Gasteiger partial charge in [-0.2, -0.15) is 4.31 Å². The average Bonchev–Trinajstić information content (AvgIpc) is 2.26. The number of sulfonamides is 1. The van der Waals surface area contributed by atoms with Gasteiger partial charge in [0, 0.05) is 13.1 Å². The molecule has 0 saturated carbocycles. The monoisotopic (exact) mass is 289 g/mol. The molecule has 19 heavy (non-hydrogen) atoms. The fraction of sp³-hybridized carbons (Fsp3) is 0.538. The molecule has 0 spiro atoms. The van der Waals surface area contributed by atoms with Gasteiger partial charge < -0.3 is 0 Å². The lowest BCUT2D eigenvalue weighted by molar-refractivity contribution is 0.221. The Morgan fingerprint density at radius 1 is 1.11 bits per heavy atom. The largest absolute Gasteiger partial charge is 0.248 e. The van der Waals surface area contributed by atoms with E-state index in [1.165, 1.54) is 4.31 Å². The van der Waals surface area contributed by atoms with Gasteiger partial charge in [0.1, 0.15) is 11.6 Å². The highest BCUT2D eigenvalue weighted by Gasteiger charge is 2.35. The summed E-state index contributed by atoms with van der Waals surface area (Å²) >= 11 is 0. The molecule has 106 valence electrons. The van der Waals surface area contributed by atoms with Crippen LogP contribution in [0.25, 0.3) is 0 Å². The summed E-state index contributed by atoms with van der Waals surface area (Å²) < 4.78 is 53.2. The Morgan fingerprint density at radius 3 is 2.05 bits per heavy atom. The van der Waals surface area contributed by atoms with Crippen molar-refractivity contribution in [3.05, 3.63) is 29.8 Å². The van der Waals surface area contributed by atoms with E-state index in [-0.39, 0.29) is 11.8 Å². The van der Waals surface area contributed by atoms with Gasteiger partial charge in [-0.05, 0) is 30.4 Å². The van der Waals surface area contributed by atoms with E-state index < -0.39 is 26.6 Å². The minimum atomic E-state index is -4.11. The first-order valence-corrected chi connectivity index (χ1v) is 7.70. The lowest BCUT2D eigenvalue weighted by atomic mass is 9.94. The molecular weight excluding hydrogens is 272 g/mol. The fourth-order valence-corrected chi connectivity index (χ4v) is 4.45. The summed E-state index contributed by atoms with van der Waals surface area (Å²) in [5.74, 6) is -1.70. The molecule has 0 unspecified atom stereocenters. The number of hydrogen-bond donors (Lipinski definition) is 0. The molecular formula is C13H17F2NO2S. The molecule has 1 aromatic carbocycles. The van der Waals surface area contributed by atoms with Gasteiger partial charge >= 0.3 is 0 Å². The molecule has 1 heterocycles. The van der Waals surface area contributed by atoms with Gasteiger partial charge in [0.05, 0.1) is 0 Å². The van der Waals surface area contributed by atoms with Gasteiger partial charge in [-0.3, -0.25) is 0 Å². The van der Waals surface area contributed by atoms with Crippen LogP contribution in [0, 0.1) is 23.5 Å². The minimum absolute atomic E-state index is 0.188. The summed E-state index contributed by atoms with van der Waals surface area (Å²) in [5, 5.41) is 0. The Bertz CT molecular complexity index is 544. The zero-order valence-corrected chi connectivity index (χ0v) is 11.8. The van der Waals surface area contributed by atoms with Crippen molar-refractivity contribution in [1.29, 1.82) is 0 Å². The Balaban J connectivity index is 2.42. The third kappa shape index (κ3) is 2.79. The summed E-state index contributed by atoms with van der Waals surface area (Å²) in [6.07, 6.45) is 0.922. The van der Waals surface area contributed by atoms with Crippen LogP contribution in [0.2, 0.25) is 0 Å². The van der Waals surface area contributed by atoms with Crippen LogP contribution >= 0.6 is 0 Å². The van der Waals surface area contributed by atoms with Gasteiger partial charge in [0.15, 0.2) is 4.90 Å². The summed E-state index contributed by atoms with van der Waals surface area (Å²) in [5.41, 5.74) is 0. The summed E-state index contributed by atoms with van der Waals surface area (Å²) in [7, 11) is -4.11. The number of rotatable bonds is 2. The predicted octanol–water partition coefficient (Wildman–Crippen LogP) is 2.63. The molecule has 1 aromatic rings. The van der Waals surface area contributed by atoms with Crippen LogP contribution in [0.5, 0.6) is 0 Å². The van der Waals surface area contributed by atoms with Gasteiger partial charge in [-0.1, -0.05) is 19.9 Å². The lowest BCUT2D eigenvalue weighted by Crippen LogP contribution is -2.43. The van der Waals surface area contributed by atoms with E-state index in [0.717, 1.165) is 24.6 Å². The normalized spacial score (nSPS) is 25.5. The lowest BCUT2D eigenvalue weighted by Gasteiger charge is -2.34. The first kappa shape index (κ1) is 14.4. The van der Waals surface area contributed by atoms with Crippen molar-refractivity contribution in [2.45, 2.75) is 25.2 Å². The maximum atomic E-state index is 13.6. The van der Waals surface area contributed by atoms with E-state index in [4.69, 9.17) is 0 Å². The highest BCUT2D eigenvalue weighted by Crippen LogP contribution is 2.28. The van der Waals surface area contributed by atoms with E-state index in [1.54, 1.807) is 0 Å². The molecule has 1 saturated heterocycles. The molecule has 1 fully saturated rings. The van der Waals surface area contributed by atoms with Crippen molar-refractivity contribution in [2.24, 2.45) is 11.8 Å². The van der Waals surface area contributed by atoms with Crippen molar-refractivity contribution in [1.82, 2.24) is 4.31 Å². The van der Waals surface area contributed by atoms with Gasteiger partial charge in [-0.15, -0.1) is 0 Å². The number of hydrogen-bond acceptors (Lipinski definition) is 2. The average molecular weight is 289 g/mol. The molecule has 0 N–H and O–H groups in total. The maximum Gasteiger partial charge on any atom is 0.248 e. The SMILES string of the molecule is C[C@@H]1C[C@@H](C)CN(S(=O)(=O)c2c(F)cccc2F)C1. The van der Waals surface area contributed by atoms with E-state index in [1.807, 2.05) is 13.8 Å². The molecule has 2 atom stereocenters. The van der Waals surface area contributed by atoms with E-state index in [2.05, 4.69) is 0 Å².